The summed E-state index contributed by atoms with van der Waals surface area (Å²) in [6.45, 7) is 0.0562. The summed E-state index contributed by atoms with van der Waals surface area (Å²) in [6.07, 6.45) is 0. The fourth-order valence-corrected chi connectivity index (χ4v) is 4.72. The molecule has 0 spiro atoms. The van der Waals surface area contributed by atoms with Crippen LogP contribution in [0.3, 0.4) is 0 Å². The third-order valence-corrected chi connectivity index (χ3v) is 6.46. The molecule has 1 aromatic rings. The van der Waals surface area contributed by atoms with E-state index in [1.165, 1.54) is 16.7 Å². The number of nitrogens with one attached hydrogen (secondary N) is 2. The first-order valence-corrected chi connectivity index (χ1v) is 10.9. The lowest BCUT2D eigenvalue weighted by atomic mass is 10.0. The van der Waals surface area contributed by atoms with Gasteiger partial charge in [-0.25, -0.2) is 9.59 Å². The zero-order valence-electron chi connectivity index (χ0n) is 14.7. The number of ether oxygens (including phenoxy) is 2. The number of halogens is 2. The van der Waals surface area contributed by atoms with Crippen molar-refractivity contribution >= 4 is 64.1 Å². The van der Waals surface area contributed by atoms with Crippen molar-refractivity contribution in [3.8, 4) is 5.75 Å². The van der Waals surface area contributed by atoms with Crippen LogP contribution in [0.2, 0.25) is 0 Å². The van der Waals surface area contributed by atoms with Gasteiger partial charge in [0.05, 0.1) is 30.0 Å². The lowest BCUT2D eigenvalue weighted by Crippen LogP contribution is -2.71. The summed E-state index contributed by atoms with van der Waals surface area (Å²) in [5.41, 5.74) is 1.59. The smallest absolute Gasteiger partial charge is 0.355 e. The average molecular weight is 538 g/mol. The highest BCUT2D eigenvalue weighted by molar-refractivity contribution is 14.1. The number of esters is 1. The van der Waals surface area contributed by atoms with Gasteiger partial charge in [-0.2, -0.15) is 0 Å². The van der Waals surface area contributed by atoms with E-state index in [2.05, 4.69) is 8.85 Å². The lowest BCUT2D eigenvalue weighted by Gasteiger charge is -2.49. The van der Waals surface area contributed by atoms with Crippen molar-refractivity contribution in [1.82, 2.24) is 13.7 Å². The second-order valence-corrected chi connectivity index (χ2v) is 7.88. The number of methoxy groups -OCH3 is 1. The number of carbonyl (C=O) groups is 3. The number of amides is 3. The summed E-state index contributed by atoms with van der Waals surface area (Å²) in [6, 6.07) is 5.97. The molecule has 150 valence electrons. The fraction of sp³-hybridized carbons (Fsp3) is 0.353. The number of benzene rings is 1. The summed E-state index contributed by atoms with van der Waals surface area (Å²) >= 11 is 9.12. The molecule has 0 aromatic heterocycles. The first kappa shape index (κ1) is 21.1. The van der Waals surface area contributed by atoms with Crippen LogP contribution < -0.4 is 13.6 Å². The van der Waals surface area contributed by atoms with Crippen molar-refractivity contribution in [1.29, 1.82) is 0 Å². The first-order valence-electron chi connectivity index (χ1n) is 8.20. The van der Waals surface area contributed by atoms with Crippen LogP contribution in [0.15, 0.2) is 35.5 Å². The lowest BCUT2D eigenvalue weighted by molar-refractivity contribution is -0.152. The molecule has 1 fully saturated rings. The number of hydrogen-bond donors (Lipinski definition) is 2. The van der Waals surface area contributed by atoms with Gasteiger partial charge in [0.15, 0.2) is 0 Å². The molecular weight excluding hydrogens is 521 g/mol. The number of thioether (sulfide) groups is 1. The van der Waals surface area contributed by atoms with Crippen LogP contribution in [0.4, 0.5) is 4.79 Å². The van der Waals surface area contributed by atoms with E-state index < -0.39 is 18.0 Å². The molecule has 2 aliphatic heterocycles. The highest BCUT2D eigenvalue weighted by Crippen LogP contribution is 2.41. The molecule has 11 heteroatoms. The molecule has 2 atom stereocenters. The quantitative estimate of drug-likeness (QED) is 0.190. The van der Waals surface area contributed by atoms with Gasteiger partial charge in [0.1, 0.15) is 29.5 Å². The van der Waals surface area contributed by atoms with Gasteiger partial charge in [-0.3, -0.25) is 13.2 Å². The molecule has 2 aliphatic rings. The number of rotatable bonds is 6. The number of urea groups is 1. The number of nitrogens with zero attached hydrogens (tertiary/aromatic N) is 1. The third kappa shape index (κ3) is 4.18. The Balaban J connectivity index is 1.71. The molecule has 0 radical (unpaired) electrons. The van der Waals surface area contributed by atoms with Gasteiger partial charge in [-0.05, 0) is 23.3 Å². The number of alkyl halides is 1. The number of carbonyl (C=O) groups excluding carboxylic acids is 3. The van der Waals surface area contributed by atoms with Crippen LogP contribution in [0.5, 0.6) is 5.75 Å². The van der Waals surface area contributed by atoms with Gasteiger partial charge >= 0.3 is 12.0 Å². The van der Waals surface area contributed by atoms with Crippen LogP contribution in [0.1, 0.15) is 5.56 Å². The van der Waals surface area contributed by atoms with E-state index in [0.29, 0.717) is 17.1 Å². The van der Waals surface area contributed by atoms with E-state index in [0.717, 1.165) is 5.56 Å². The molecule has 1 saturated heterocycles. The van der Waals surface area contributed by atoms with Gasteiger partial charge in [-0.15, -0.1) is 23.4 Å². The molecule has 0 saturated carbocycles. The molecule has 3 amide bonds. The molecule has 8 nitrogen and oxygen atoms in total. The monoisotopic (exact) mass is 537 g/mol. The van der Waals surface area contributed by atoms with Crippen molar-refractivity contribution in [2.24, 2.45) is 0 Å². The Hall–Kier alpha value is -1.66. The Kier molecular flexibility index (Phi) is 6.94. The Morgan fingerprint density at radius 3 is 2.68 bits per heavy atom. The third-order valence-electron chi connectivity index (χ3n) is 4.30. The molecule has 28 heavy (non-hydrogen) atoms. The summed E-state index contributed by atoms with van der Waals surface area (Å²) in [7, 11) is 1.57. The van der Waals surface area contributed by atoms with Crippen LogP contribution in [-0.2, 0) is 20.9 Å². The summed E-state index contributed by atoms with van der Waals surface area (Å²) in [5, 5.41) is 2.22. The summed E-state index contributed by atoms with van der Waals surface area (Å²) in [4.78, 5) is 38.1. The minimum atomic E-state index is -0.693. The van der Waals surface area contributed by atoms with E-state index in [4.69, 9.17) is 21.1 Å². The molecule has 2 heterocycles. The largest absolute Gasteiger partial charge is 0.497 e. The van der Waals surface area contributed by atoms with E-state index >= 15 is 0 Å². The molecule has 0 bridgehead atoms. The number of β-lactam (4-membered cyclic amide) rings is 1. The van der Waals surface area contributed by atoms with Crippen molar-refractivity contribution in [2.75, 3.05) is 18.7 Å². The predicted molar refractivity (Wildman–Crippen MR) is 113 cm³/mol. The SMILES string of the molecule is COc1ccc(COC(=O)C2=C(CCl)CSC3C(NC(=O)NI)C(=O)N23)cc1. The average Bonchev–Trinajstić information content (AvgIpc) is 2.74. The van der Waals surface area contributed by atoms with Crippen molar-refractivity contribution < 1.29 is 23.9 Å². The molecular formula is C17H17ClIN3O5S. The van der Waals surface area contributed by atoms with Gasteiger partial charge in [0.25, 0.3) is 5.91 Å². The fourth-order valence-electron chi connectivity index (χ4n) is 2.88. The first-order chi connectivity index (χ1) is 13.5. The minimum absolute atomic E-state index is 0.0562. The standard InChI is InChI=1S/C17H17ClIN3O5S/c1-26-11-4-2-9(3-5-11)7-27-16(24)13-10(6-18)8-28-15-12(14(23)22(13)15)20-17(25)21-19/h2-5,12,15H,6-8H2,1H3,(H2,20,21,25). The highest BCUT2D eigenvalue weighted by atomic mass is 127. The van der Waals surface area contributed by atoms with E-state index in [-0.39, 0.29) is 29.5 Å². The van der Waals surface area contributed by atoms with Crippen LogP contribution >= 0.6 is 46.2 Å². The van der Waals surface area contributed by atoms with Gasteiger partial charge in [0, 0.05) is 11.6 Å². The predicted octanol–water partition coefficient (Wildman–Crippen LogP) is 2.16. The van der Waals surface area contributed by atoms with Gasteiger partial charge in [0.2, 0.25) is 0 Å². The number of hydrogen-bond acceptors (Lipinski definition) is 6. The van der Waals surface area contributed by atoms with Gasteiger partial charge in [-0.1, -0.05) is 12.1 Å². The van der Waals surface area contributed by atoms with Crippen LogP contribution in [0.25, 0.3) is 0 Å². The Labute approximate surface area is 184 Å². The second-order valence-electron chi connectivity index (χ2n) is 5.97. The topological polar surface area (TPSA) is 97.0 Å². The van der Waals surface area contributed by atoms with Gasteiger partial charge < -0.3 is 14.8 Å². The normalized spacial score (nSPS) is 20.8. The van der Waals surface area contributed by atoms with Crippen molar-refractivity contribution in [2.45, 2.75) is 18.0 Å². The summed E-state index contributed by atoms with van der Waals surface area (Å²) in [5.74, 6) is 0.324. The van der Waals surface area contributed by atoms with Crippen LogP contribution in [0, 0.1) is 0 Å². The van der Waals surface area contributed by atoms with Crippen LogP contribution in [-0.4, -0.2) is 53.0 Å². The molecule has 0 aliphatic carbocycles. The minimum Gasteiger partial charge on any atom is -0.497 e. The summed E-state index contributed by atoms with van der Waals surface area (Å²) < 4.78 is 12.9. The highest BCUT2D eigenvalue weighted by Gasteiger charge is 2.54. The maximum atomic E-state index is 12.7. The molecule has 3 rings (SSSR count). The Morgan fingerprint density at radius 2 is 2.07 bits per heavy atom. The van der Waals surface area contributed by atoms with E-state index in [1.807, 2.05) is 0 Å². The zero-order chi connectivity index (χ0) is 20.3. The number of fused-ring (bicyclic) bond motifs is 1. The van der Waals surface area contributed by atoms with Crippen molar-refractivity contribution in [3.05, 3.63) is 41.1 Å². The van der Waals surface area contributed by atoms with E-state index in [1.54, 1.807) is 54.2 Å². The molecule has 1 aromatic carbocycles. The maximum Gasteiger partial charge on any atom is 0.355 e. The maximum absolute atomic E-state index is 12.7. The van der Waals surface area contributed by atoms with Crippen molar-refractivity contribution in [3.63, 3.8) is 0 Å². The Bertz CT molecular complexity index is 820. The zero-order valence-corrected chi connectivity index (χ0v) is 18.5. The Morgan fingerprint density at radius 1 is 1.36 bits per heavy atom. The second kappa shape index (κ2) is 9.23. The molecule has 2 N–H and O–H groups in total. The molecule has 2 unspecified atom stereocenters. The van der Waals surface area contributed by atoms with E-state index in [9.17, 15) is 14.4 Å².